The summed E-state index contributed by atoms with van der Waals surface area (Å²) in [6, 6.07) is 5.41. The van der Waals surface area contributed by atoms with E-state index in [9.17, 15) is 32.7 Å². The first kappa shape index (κ1) is 30.4. The Labute approximate surface area is 229 Å². The number of H-pyrrole nitrogens is 1. The van der Waals surface area contributed by atoms with Crippen LogP contribution in [0.5, 0.6) is 0 Å². The molecular weight excluding hydrogens is 529 g/mol. The Hall–Kier alpha value is -4.16. The summed E-state index contributed by atoms with van der Waals surface area (Å²) >= 11 is 0. The molecule has 2 aromatic heterocycles. The van der Waals surface area contributed by atoms with Gasteiger partial charge in [0.2, 0.25) is 5.78 Å². The van der Waals surface area contributed by atoms with Crippen molar-refractivity contribution in [1.82, 2.24) is 24.9 Å². The van der Waals surface area contributed by atoms with Crippen molar-refractivity contribution < 1.29 is 32.7 Å². The number of nitrogens with zero attached hydrogens (tertiary/aromatic N) is 4. The second kappa shape index (κ2) is 12.3. The van der Waals surface area contributed by atoms with Crippen molar-refractivity contribution in [1.29, 1.82) is 0 Å². The third kappa shape index (κ3) is 7.48. The number of ketones is 1. The van der Waals surface area contributed by atoms with E-state index in [0.29, 0.717) is 24.1 Å². The Morgan fingerprint density at radius 3 is 2.30 bits per heavy atom. The van der Waals surface area contributed by atoms with Gasteiger partial charge < -0.3 is 20.1 Å². The van der Waals surface area contributed by atoms with E-state index in [1.54, 1.807) is 33.0 Å². The molecule has 0 fully saturated rings. The van der Waals surface area contributed by atoms with Crippen LogP contribution in [0, 0.1) is 5.41 Å². The van der Waals surface area contributed by atoms with Crippen molar-refractivity contribution in [2.24, 2.45) is 5.41 Å². The molecule has 0 spiro atoms. The number of carboxylic acid groups (broad SMARTS) is 1. The number of anilines is 1. The molecule has 0 bridgehead atoms. The topological polar surface area (TPSA) is 136 Å². The van der Waals surface area contributed by atoms with E-state index in [-0.39, 0.29) is 18.8 Å². The summed E-state index contributed by atoms with van der Waals surface area (Å²) in [7, 11) is 0. The average molecular weight is 562 g/mol. The largest absolute Gasteiger partial charge is 0.530 e. The van der Waals surface area contributed by atoms with Crippen molar-refractivity contribution in [3.05, 3.63) is 54.4 Å². The van der Waals surface area contributed by atoms with E-state index >= 15 is 0 Å². The first-order valence-electron chi connectivity index (χ1n) is 12.8. The summed E-state index contributed by atoms with van der Waals surface area (Å²) < 4.78 is 40.3. The van der Waals surface area contributed by atoms with Gasteiger partial charge in [-0.3, -0.25) is 19.4 Å². The zero-order chi connectivity index (χ0) is 29.7. The normalized spacial score (nSPS) is 13.5. The van der Waals surface area contributed by atoms with Gasteiger partial charge in [0, 0.05) is 17.8 Å². The SMILES string of the molecule is CCCC[C@@H](C(=O)C(=O)Nc1ccn[nH]1)N(C(=O)[O-])[C@@H](Cn1ccc(-c2ccc(C(F)(F)F)cc2)n1)C(C)(C)C. The van der Waals surface area contributed by atoms with Crippen LogP contribution < -0.4 is 10.4 Å². The van der Waals surface area contributed by atoms with Gasteiger partial charge >= 0.3 is 6.18 Å². The zero-order valence-electron chi connectivity index (χ0n) is 22.7. The van der Waals surface area contributed by atoms with E-state index in [2.05, 4.69) is 20.6 Å². The van der Waals surface area contributed by atoms with Crippen molar-refractivity contribution in [3.63, 3.8) is 0 Å². The van der Waals surface area contributed by atoms with Gasteiger partial charge in [-0.1, -0.05) is 52.7 Å². The Bertz CT molecular complexity index is 1300. The van der Waals surface area contributed by atoms with Gasteiger partial charge in [-0.2, -0.15) is 23.4 Å². The van der Waals surface area contributed by atoms with Crippen molar-refractivity contribution >= 4 is 23.6 Å². The Morgan fingerprint density at radius 2 is 1.77 bits per heavy atom. The molecule has 0 aliphatic heterocycles. The van der Waals surface area contributed by atoms with Crippen LogP contribution in [0.3, 0.4) is 0 Å². The lowest BCUT2D eigenvalue weighted by Crippen LogP contribution is -2.61. The molecule has 216 valence electrons. The highest BCUT2D eigenvalue weighted by molar-refractivity contribution is 6.42. The molecule has 0 saturated heterocycles. The van der Waals surface area contributed by atoms with Crippen LogP contribution in [0.15, 0.2) is 48.8 Å². The number of benzene rings is 1. The number of alkyl halides is 3. The van der Waals surface area contributed by atoms with Crippen LogP contribution >= 0.6 is 0 Å². The number of aromatic amines is 1. The van der Waals surface area contributed by atoms with Crippen LogP contribution in [0.2, 0.25) is 0 Å². The van der Waals surface area contributed by atoms with E-state index in [1.165, 1.54) is 29.1 Å². The molecule has 3 aromatic rings. The molecule has 0 radical (unpaired) electrons. The van der Waals surface area contributed by atoms with Gasteiger partial charge in [0.1, 0.15) is 11.9 Å². The fraction of sp³-hybridized carbons (Fsp3) is 0.444. The van der Waals surface area contributed by atoms with Crippen LogP contribution in [0.1, 0.15) is 52.5 Å². The summed E-state index contributed by atoms with van der Waals surface area (Å²) in [5, 5.41) is 25.6. The lowest BCUT2D eigenvalue weighted by atomic mass is 9.84. The minimum atomic E-state index is -4.47. The van der Waals surface area contributed by atoms with Gasteiger partial charge in [-0.25, -0.2) is 0 Å². The maximum absolute atomic E-state index is 13.3. The first-order chi connectivity index (χ1) is 18.7. The molecule has 2 heterocycles. The second-order valence-electron chi connectivity index (χ2n) is 10.5. The minimum absolute atomic E-state index is 0.00378. The minimum Gasteiger partial charge on any atom is -0.530 e. The first-order valence-corrected chi connectivity index (χ1v) is 12.8. The fourth-order valence-corrected chi connectivity index (χ4v) is 4.33. The molecule has 40 heavy (non-hydrogen) atoms. The lowest BCUT2D eigenvalue weighted by molar-refractivity contribution is -0.273. The summed E-state index contributed by atoms with van der Waals surface area (Å²) in [5.74, 6) is -1.74. The summed E-state index contributed by atoms with van der Waals surface area (Å²) in [5.41, 5.74) is -0.681. The zero-order valence-corrected chi connectivity index (χ0v) is 22.7. The van der Waals surface area contributed by atoms with E-state index in [1.807, 2.05) is 6.92 Å². The predicted octanol–water partition coefficient (Wildman–Crippen LogP) is 4.12. The van der Waals surface area contributed by atoms with Crippen LogP contribution in [-0.2, 0) is 22.3 Å². The maximum Gasteiger partial charge on any atom is 0.416 e. The Kier molecular flexibility index (Phi) is 9.38. The summed E-state index contributed by atoms with van der Waals surface area (Å²) in [4.78, 5) is 39.6. The third-order valence-electron chi connectivity index (χ3n) is 6.50. The molecule has 1 aromatic carbocycles. The smallest absolute Gasteiger partial charge is 0.416 e. The highest BCUT2D eigenvalue weighted by atomic mass is 19.4. The van der Waals surface area contributed by atoms with E-state index < -0.39 is 47.0 Å². The highest BCUT2D eigenvalue weighted by Gasteiger charge is 2.40. The summed E-state index contributed by atoms with van der Waals surface area (Å²) in [6.07, 6.45) is -1.88. The fourth-order valence-electron chi connectivity index (χ4n) is 4.33. The van der Waals surface area contributed by atoms with Gasteiger partial charge in [0.15, 0.2) is 0 Å². The molecular formula is C27H32F3N6O4-. The molecule has 0 saturated carbocycles. The second-order valence-corrected chi connectivity index (χ2v) is 10.5. The molecule has 2 amide bonds. The lowest BCUT2D eigenvalue weighted by Gasteiger charge is -2.45. The van der Waals surface area contributed by atoms with E-state index in [0.717, 1.165) is 17.0 Å². The van der Waals surface area contributed by atoms with Crippen LogP contribution in [0.4, 0.5) is 23.8 Å². The van der Waals surface area contributed by atoms with Gasteiger partial charge in [0.25, 0.3) is 5.91 Å². The number of aromatic nitrogens is 4. The molecule has 0 unspecified atom stereocenters. The monoisotopic (exact) mass is 561 g/mol. The molecule has 3 rings (SSSR count). The number of hydrogen-bond acceptors (Lipinski definition) is 6. The van der Waals surface area contributed by atoms with Crippen molar-refractivity contribution in [2.45, 2.75) is 71.8 Å². The van der Waals surface area contributed by atoms with Crippen LogP contribution in [-0.4, -0.2) is 54.7 Å². The van der Waals surface area contributed by atoms with Gasteiger partial charge in [0.05, 0.1) is 36.1 Å². The number of unbranched alkanes of at least 4 members (excludes halogenated alkanes) is 1. The van der Waals surface area contributed by atoms with Crippen molar-refractivity contribution in [2.75, 3.05) is 5.32 Å². The van der Waals surface area contributed by atoms with E-state index in [4.69, 9.17) is 0 Å². The number of halogens is 3. The number of carbonyl (C=O) groups excluding carboxylic acids is 3. The highest BCUT2D eigenvalue weighted by Crippen LogP contribution is 2.32. The number of hydrogen-bond donors (Lipinski definition) is 2. The molecule has 13 heteroatoms. The molecule has 2 atom stereocenters. The number of Topliss-reactive ketones (excluding diaryl/α,β-unsaturated/α-hetero) is 1. The standard InChI is InChI=1S/C27H33F3N6O4/c1-5-6-7-20(23(37)24(38)32-22-12-14-31-33-22)36(25(39)40)21(26(2,3)4)16-35-15-13-19(34-35)17-8-10-18(11-9-17)27(28,29)30/h8-15,20-21H,5-7,16H2,1-4H3,(H,39,40)(H2,31,32,33,38)/p-1/t20-,21-/m0/s1. The Balaban J connectivity index is 1.91. The van der Waals surface area contributed by atoms with Gasteiger partial charge in [-0.05, 0) is 30.0 Å². The molecule has 0 aliphatic rings. The number of rotatable bonds is 11. The number of amides is 2. The van der Waals surface area contributed by atoms with Gasteiger partial charge in [-0.15, -0.1) is 0 Å². The molecule has 0 aliphatic carbocycles. The predicted molar refractivity (Wildman–Crippen MR) is 139 cm³/mol. The summed E-state index contributed by atoms with van der Waals surface area (Å²) in [6.45, 7) is 7.25. The number of nitrogens with one attached hydrogen (secondary N) is 2. The Morgan fingerprint density at radius 1 is 1.10 bits per heavy atom. The van der Waals surface area contributed by atoms with Crippen LogP contribution in [0.25, 0.3) is 11.3 Å². The molecule has 10 nitrogen and oxygen atoms in total. The maximum atomic E-state index is 13.3. The third-order valence-corrected chi connectivity index (χ3v) is 6.50. The average Bonchev–Trinajstić information content (AvgIpc) is 3.56. The molecule has 2 N–H and O–H groups in total. The van der Waals surface area contributed by atoms with Crippen molar-refractivity contribution in [3.8, 4) is 11.3 Å². The number of carbonyl (C=O) groups is 3. The quantitative estimate of drug-likeness (QED) is 0.338.